The topological polar surface area (TPSA) is 64.0 Å². The molecule has 7 heteroatoms. The maximum Gasteiger partial charge on any atom is 0.308 e. The van der Waals surface area contributed by atoms with Crippen molar-refractivity contribution in [3.8, 4) is 0 Å². The molecule has 4 aromatic rings. The van der Waals surface area contributed by atoms with Crippen LogP contribution in [0.3, 0.4) is 0 Å². The van der Waals surface area contributed by atoms with Gasteiger partial charge in [-0.3, -0.25) is 19.1 Å². The molecule has 158 valence electrons. The van der Waals surface area contributed by atoms with E-state index in [0.717, 1.165) is 27.2 Å². The summed E-state index contributed by atoms with van der Waals surface area (Å²) in [5.74, 6) is 0.955. The van der Waals surface area contributed by atoms with E-state index in [1.54, 1.807) is 22.5 Å². The van der Waals surface area contributed by atoms with Gasteiger partial charge in [-0.25, -0.2) is 0 Å². The van der Waals surface area contributed by atoms with Crippen molar-refractivity contribution in [2.24, 2.45) is 0 Å². The third-order valence-corrected chi connectivity index (χ3v) is 6.70. The number of amides is 1. The summed E-state index contributed by atoms with van der Waals surface area (Å²) in [4.78, 5) is 30.5. The predicted octanol–water partition coefficient (Wildman–Crippen LogP) is 4.99. The Balaban J connectivity index is 1.43. The second-order valence-corrected chi connectivity index (χ2v) is 9.41. The number of hydrogen-bond acceptors (Lipinski definition) is 5. The summed E-state index contributed by atoms with van der Waals surface area (Å²) in [6, 6.07) is 19.5. The third-order valence-electron chi connectivity index (χ3n) is 4.87. The Labute approximate surface area is 189 Å². The minimum absolute atomic E-state index is 0.000513. The molecular weight excluding hydrogens is 426 g/mol. The lowest BCUT2D eigenvalue weighted by Gasteiger charge is -2.07. The lowest BCUT2D eigenvalue weighted by Crippen LogP contribution is -2.15. The first-order valence-electron chi connectivity index (χ1n) is 10.2. The summed E-state index contributed by atoms with van der Waals surface area (Å²) in [5, 5.41) is 2.95. The first-order chi connectivity index (χ1) is 15.1. The molecule has 0 aliphatic heterocycles. The van der Waals surface area contributed by atoms with Crippen molar-refractivity contribution in [2.75, 3.05) is 11.1 Å². The second kappa shape index (κ2) is 9.94. The van der Waals surface area contributed by atoms with Gasteiger partial charge in [-0.2, -0.15) is 0 Å². The maximum absolute atomic E-state index is 12.5. The molecule has 1 amide bonds. The zero-order chi connectivity index (χ0) is 21.6. The van der Waals surface area contributed by atoms with Crippen LogP contribution in [0.5, 0.6) is 0 Å². The average Bonchev–Trinajstić information content (AvgIpc) is 3.08. The van der Waals surface area contributed by atoms with Crippen LogP contribution in [0, 0.1) is 0 Å². The smallest absolute Gasteiger partial charge is 0.308 e. The van der Waals surface area contributed by atoms with E-state index in [9.17, 15) is 9.59 Å². The molecule has 0 radical (unpaired) electrons. The van der Waals surface area contributed by atoms with Gasteiger partial charge in [-0.05, 0) is 53.8 Å². The number of thiazole rings is 1. The number of anilines is 1. The number of rotatable bonds is 8. The Morgan fingerprint density at radius 3 is 2.71 bits per heavy atom. The molecule has 31 heavy (non-hydrogen) atoms. The van der Waals surface area contributed by atoms with Gasteiger partial charge in [0.1, 0.15) is 0 Å². The minimum Gasteiger partial charge on any atom is -0.326 e. The van der Waals surface area contributed by atoms with Crippen molar-refractivity contribution in [2.45, 2.75) is 31.2 Å². The van der Waals surface area contributed by atoms with E-state index in [4.69, 9.17) is 0 Å². The number of nitrogens with zero attached hydrogens (tertiary/aromatic N) is 2. The summed E-state index contributed by atoms with van der Waals surface area (Å²) in [5.41, 5.74) is 3.52. The largest absolute Gasteiger partial charge is 0.326 e. The van der Waals surface area contributed by atoms with Crippen LogP contribution in [0.1, 0.15) is 18.2 Å². The number of benzene rings is 2. The highest BCUT2D eigenvalue weighted by molar-refractivity contribution is 7.99. The highest BCUT2D eigenvalue weighted by Gasteiger charge is 2.10. The molecule has 0 aliphatic carbocycles. The van der Waals surface area contributed by atoms with Crippen LogP contribution in [-0.2, 0) is 24.2 Å². The SMILES string of the molecule is CCSc1ccc(CC(=O)Nc2ccc3c(c2)sc(=O)n3CCc2ccccn2)cc1. The fourth-order valence-electron chi connectivity index (χ4n) is 3.39. The van der Waals surface area contributed by atoms with Crippen LogP contribution < -0.4 is 10.2 Å². The summed E-state index contributed by atoms with van der Waals surface area (Å²) in [6.45, 7) is 2.70. The van der Waals surface area contributed by atoms with Gasteiger partial charge in [0, 0.05) is 35.4 Å². The molecule has 1 N–H and O–H groups in total. The number of hydrogen-bond donors (Lipinski definition) is 1. The van der Waals surface area contributed by atoms with Gasteiger partial charge in [0.2, 0.25) is 5.91 Å². The van der Waals surface area contributed by atoms with Gasteiger partial charge in [-0.1, -0.05) is 36.5 Å². The zero-order valence-electron chi connectivity index (χ0n) is 17.2. The molecule has 2 aromatic carbocycles. The molecule has 0 fully saturated rings. The first kappa shape index (κ1) is 21.3. The van der Waals surface area contributed by atoms with E-state index >= 15 is 0 Å². The number of carbonyl (C=O) groups excluding carboxylic acids is 1. The number of nitrogens with one attached hydrogen (secondary N) is 1. The molecule has 4 rings (SSSR count). The molecule has 2 aromatic heterocycles. The molecule has 0 saturated carbocycles. The summed E-state index contributed by atoms with van der Waals surface area (Å²) >= 11 is 2.98. The lowest BCUT2D eigenvalue weighted by atomic mass is 10.1. The summed E-state index contributed by atoms with van der Waals surface area (Å²) in [6.07, 6.45) is 2.77. The van der Waals surface area contributed by atoms with E-state index < -0.39 is 0 Å². The average molecular weight is 450 g/mol. The minimum atomic E-state index is -0.0721. The number of thioether (sulfide) groups is 1. The molecule has 0 saturated heterocycles. The van der Waals surface area contributed by atoms with Crippen LogP contribution in [0.2, 0.25) is 0 Å². The molecule has 5 nitrogen and oxygen atoms in total. The van der Waals surface area contributed by atoms with E-state index in [-0.39, 0.29) is 10.8 Å². The van der Waals surface area contributed by atoms with E-state index in [1.807, 2.05) is 60.7 Å². The molecule has 0 spiro atoms. The van der Waals surface area contributed by atoms with Crippen LogP contribution >= 0.6 is 23.1 Å². The summed E-state index contributed by atoms with van der Waals surface area (Å²) in [7, 11) is 0. The van der Waals surface area contributed by atoms with Gasteiger partial charge in [-0.15, -0.1) is 11.8 Å². The highest BCUT2D eigenvalue weighted by Crippen LogP contribution is 2.23. The first-order valence-corrected chi connectivity index (χ1v) is 12.0. The molecule has 0 unspecified atom stereocenters. The van der Waals surface area contributed by atoms with Crippen molar-refractivity contribution < 1.29 is 4.79 Å². The predicted molar refractivity (Wildman–Crippen MR) is 129 cm³/mol. The van der Waals surface area contributed by atoms with Gasteiger partial charge in [0.15, 0.2) is 0 Å². The molecule has 0 aliphatic rings. The number of fused-ring (bicyclic) bond motifs is 1. The Kier molecular flexibility index (Phi) is 6.84. The monoisotopic (exact) mass is 449 g/mol. The Bertz CT molecular complexity index is 1230. The lowest BCUT2D eigenvalue weighted by molar-refractivity contribution is -0.115. The van der Waals surface area contributed by atoms with Gasteiger partial charge >= 0.3 is 4.87 Å². The van der Waals surface area contributed by atoms with Crippen molar-refractivity contribution in [3.05, 3.63) is 87.8 Å². The Morgan fingerprint density at radius 1 is 1.13 bits per heavy atom. The van der Waals surface area contributed by atoms with Crippen LogP contribution in [0.25, 0.3) is 10.2 Å². The van der Waals surface area contributed by atoms with Crippen molar-refractivity contribution in [1.29, 1.82) is 0 Å². The van der Waals surface area contributed by atoms with Crippen LogP contribution in [0.4, 0.5) is 5.69 Å². The van der Waals surface area contributed by atoms with Crippen molar-refractivity contribution in [1.82, 2.24) is 9.55 Å². The summed E-state index contributed by atoms with van der Waals surface area (Å²) < 4.78 is 2.64. The van der Waals surface area contributed by atoms with Gasteiger partial charge in [0.05, 0.1) is 16.6 Å². The maximum atomic E-state index is 12.5. The fraction of sp³-hybridized carbons (Fsp3) is 0.208. The van der Waals surface area contributed by atoms with Crippen LogP contribution in [0.15, 0.2) is 76.6 Å². The van der Waals surface area contributed by atoms with Gasteiger partial charge in [0.25, 0.3) is 0 Å². The Morgan fingerprint density at radius 2 is 1.97 bits per heavy atom. The van der Waals surface area contributed by atoms with Gasteiger partial charge < -0.3 is 5.32 Å². The number of aryl methyl sites for hydroxylation is 2. The molecular formula is C24H23N3O2S2. The second-order valence-electron chi connectivity index (χ2n) is 7.08. The zero-order valence-corrected chi connectivity index (χ0v) is 18.8. The third kappa shape index (κ3) is 5.42. The molecule has 0 atom stereocenters. The number of pyridine rings is 1. The number of aromatic nitrogens is 2. The fourth-order valence-corrected chi connectivity index (χ4v) is 5.01. The normalized spacial score (nSPS) is 11.0. The van der Waals surface area contributed by atoms with Crippen molar-refractivity contribution >= 4 is 44.9 Å². The molecule has 2 heterocycles. The molecule has 0 bridgehead atoms. The Hall–Kier alpha value is -2.90. The van der Waals surface area contributed by atoms with E-state index in [0.29, 0.717) is 25.1 Å². The van der Waals surface area contributed by atoms with Crippen molar-refractivity contribution in [3.63, 3.8) is 0 Å². The van der Waals surface area contributed by atoms with Crippen LogP contribution in [-0.4, -0.2) is 21.2 Å². The highest BCUT2D eigenvalue weighted by atomic mass is 32.2. The van der Waals surface area contributed by atoms with E-state index in [2.05, 4.69) is 17.2 Å². The van der Waals surface area contributed by atoms with E-state index in [1.165, 1.54) is 16.2 Å². The number of carbonyl (C=O) groups is 1. The standard InChI is InChI=1S/C24H23N3O2S2/c1-2-30-20-9-6-17(7-10-20)15-23(28)26-19-8-11-21-22(16-19)31-24(29)27(21)14-12-18-5-3-4-13-25-18/h3-11,13,16H,2,12,14-15H2,1H3,(H,26,28). The quantitative estimate of drug-likeness (QED) is 0.385.